The van der Waals surface area contributed by atoms with Crippen molar-refractivity contribution in [1.82, 2.24) is 14.3 Å². The van der Waals surface area contributed by atoms with Crippen LogP contribution in [0.25, 0.3) is 0 Å². The number of aromatic nitrogens is 2. The van der Waals surface area contributed by atoms with Gasteiger partial charge < -0.3 is 5.11 Å². The molecule has 1 aromatic heterocycles. The van der Waals surface area contributed by atoms with Gasteiger partial charge in [0, 0.05) is 12.7 Å². The summed E-state index contributed by atoms with van der Waals surface area (Å²) in [5.74, 6) is -1.40. The van der Waals surface area contributed by atoms with Crippen LogP contribution < -0.4 is 0 Å². The highest BCUT2D eigenvalue weighted by atomic mass is 32.2. The first kappa shape index (κ1) is 19.3. The number of aryl methyl sites for hydroxylation is 1. The molecular weight excluding hydrogens is 369 g/mol. The lowest BCUT2D eigenvalue weighted by Crippen LogP contribution is -2.27. The molecule has 0 saturated heterocycles. The minimum atomic E-state index is -3.82. The number of carbonyl (C=O) groups is 1. The summed E-state index contributed by atoms with van der Waals surface area (Å²) >= 11 is 1.03. The molecule has 0 fully saturated rings. The summed E-state index contributed by atoms with van der Waals surface area (Å²) in [5, 5.41) is 9.19. The first-order chi connectivity index (χ1) is 11.7. The Hall–Kier alpha value is -2.04. The molecule has 0 aliphatic rings. The van der Waals surface area contributed by atoms with Crippen LogP contribution in [0.1, 0.15) is 11.5 Å². The number of hydrogen-bond donors (Lipinski definition) is 1. The average Bonchev–Trinajstić information content (AvgIpc) is 2.52. The molecule has 7 nitrogen and oxygen atoms in total. The van der Waals surface area contributed by atoms with Gasteiger partial charge in [0.2, 0.25) is 10.0 Å². The maximum Gasteiger partial charge on any atom is 0.313 e. The monoisotopic (exact) mass is 385 g/mol. The number of aliphatic carboxylic acids is 1. The molecule has 0 unspecified atom stereocenters. The van der Waals surface area contributed by atoms with Crippen molar-refractivity contribution < 1.29 is 22.7 Å². The van der Waals surface area contributed by atoms with E-state index in [0.717, 1.165) is 28.2 Å². The Morgan fingerprint density at radius 1 is 1.28 bits per heavy atom. The quantitative estimate of drug-likeness (QED) is 0.574. The molecule has 0 saturated carbocycles. The number of nitrogens with zero attached hydrogens (tertiary/aromatic N) is 3. The van der Waals surface area contributed by atoms with E-state index in [1.807, 2.05) is 0 Å². The highest BCUT2D eigenvalue weighted by Crippen LogP contribution is 2.19. The number of carboxylic acids is 1. The fourth-order valence-electron chi connectivity index (χ4n) is 1.95. The van der Waals surface area contributed by atoms with Crippen LogP contribution in [0, 0.1) is 12.7 Å². The Morgan fingerprint density at radius 2 is 1.92 bits per heavy atom. The molecule has 0 aliphatic carbocycles. The molecule has 1 aromatic carbocycles. The summed E-state index contributed by atoms with van der Waals surface area (Å²) in [7, 11) is -2.45. The zero-order valence-electron chi connectivity index (χ0n) is 13.5. The van der Waals surface area contributed by atoms with Crippen LogP contribution in [0.3, 0.4) is 0 Å². The number of thioether (sulfide) groups is 1. The maximum atomic E-state index is 13.0. The van der Waals surface area contributed by atoms with Crippen molar-refractivity contribution >= 4 is 27.8 Å². The molecule has 0 radical (unpaired) electrons. The summed E-state index contributed by atoms with van der Waals surface area (Å²) in [6.45, 7) is 1.62. The van der Waals surface area contributed by atoms with Gasteiger partial charge in [-0.2, -0.15) is 4.31 Å². The summed E-state index contributed by atoms with van der Waals surface area (Å²) in [5.41, 5.74) is 0.602. The highest BCUT2D eigenvalue weighted by molar-refractivity contribution is 7.99. The fraction of sp³-hybridized carbons (Fsp3) is 0.267. The summed E-state index contributed by atoms with van der Waals surface area (Å²) in [4.78, 5) is 19.0. The lowest BCUT2D eigenvalue weighted by molar-refractivity contribution is -0.133. The van der Waals surface area contributed by atoms with E-state index < -0.39 is 21.8 Å². The van der Waals surface area contributed by atoms with Crippen molar-refractivity contribution in [2.75, 3.05) is 12.8 Å². The van der Waals surface area contributed by atoms with Crippen LogP contribution in [0.15, 0.2) is 40.3 Å². The van der Waals surface area contributed by atoms with Crippen molar-refractivity contribution in [3.63, 3.8) is 0 Å². The topological polar surface area (TPSA) is 100 Å². The Labute approximate surface area is 149 Å². The molecule has 0 aliphatic heterocycles. The van der Waals surface area contributed by atoms with Gasteiger partial charge in [0.1, 0.15) is 16.7 Å². The average molecular weight is 385 g/mol. The van der Waals surface area contributed by atoms with Crippen LogP contribution in [0.2, 0.25) is 0 Å². The number of rotatable bonds is 7. The van der Waals surface area contributed by atoms with Crippen molar-refractivity contribution in [3.8, 4) is 0 Å². The van der Waals surface area contributed by atoms with Gasteiger partial charge in [-0.15, -0.1) is 0 Å². The largest absolute Gasteiger partial charge is 0.481 e. The Kier molecular flexibility index (Phi) is 6.09. The second kappa shape index (κ2) is 7.89. The third-order valence-electron chi connectivity index (χ3n) is 3.11. The molecule has 0 spiro atoms. The predicted molar refractivity (Wildman–Crippen MR) is 90.2 cm³/mol. The van der Waals surface area contributed by atoms with Crippen LogP contribution >= 0.6 is 11.8 Å². The van der Waals surface area contributed by atoms with Crippen LogP contribution in [0.4, 0.5) is 4.39 Å². The van der Waals surface area contributed by atoms with Gasteiger partial charge in [0.25, 0.3) is 0 Å². The predicted octanol–water partition coefficient (Wildman–Crippen LogP) is 1.92. The van der Waals surface area contributed by atoms with Crippen LogP contribution in [-0.4, -0.2) is 46.6 Å². The van der Waals surface area contributed by atoms with Gasteiger partial charge in [-0.25, -0.2) is 22.8 Å². The number of benzene rings is 1. The molecule has 134 valence electrons. The SMILES string of the molecule is Cc1cc(SCC(=O)O)nc(CN(C)S(=O)(=O)c2ccc(F)cc2)n1. The lowest BCUT2D eigenvalue weighted by atomic mass is 10.4. The van der Waals surface area contributed by atoms with Crippen molar-refractivity contribution in [1.29, 1.82) is 0 Å². The van der Waals surface area contributed by atoms with Crippen molar-refractivity contribution in [2.24, 2.45) is 0 Å². The van der Waals surface area contributed by atoms with E-state index >= 15 is 0 Å². The van der Waals surface area contributed by atoms with Gasteiger partial charge in [-0.3, -0.25) is 4.79 Å². The Balaban J connectivity index is 2.20. The van der Waals surface area contributed by atoms with Gasteiger partial charge >= 0.3 is 5.97 Å². The standard InChI is InChI=1S/C15H16FN3O4S2/c1-10-7-14(24-9-15(20)21)18-13(17-10)8-19(2)25(22,23)12-5-3-11(16)4-6-12/h3-7H,8-9H2,1-2H3,(H,20,21). The van der Waals surface area contributed by atoms with E-state index in [9.17, 15) is 17.6 Å². The molecule has 1 heterocycles. The molecule has 2 rings (SSSR count). The molecule has 25 heavy (non-hydrogen) atoms. The Morgan fingerprint density at radius 3 is 2.52 bits per heavy atom. The van der Waals surface area contributed by atoms with Gasteiger partial charge in [-0.1, -0.05) is 11.8 Å². The van der Waals surface area contributed by atoms with E-state index in [2.05, 4.69) is 9.97 Å². The third-order valence-corrected chi connectivity index (χ3v) is 5.82. The van der Waals surface area contributed by atoms with Crippen molar-refractivity contribution in [2.45, 2.75) is 23.4 Å². The number of hydrogen-bond acceptors (Lipinski definition) is 6. The summed E-state index contributed by atoms with van der Waals surface area (Å²) in [6, 6.07) is 6.15. The first-order valence-corrected chi connectivity index (χ1v) is 9.52. The summed E-state index contributed by atoms with van der Waals surface area (Å²) in [6.07, 6.45) is 0. The van der Waals surface area contributed by atoms with E-state index in [-0.39, 0.29) is 23.0 Å². The zero-order chi connectivity index (χ0) is 18.6. The van der Waals surface area contributed by atoms with Gasteiger partial charge in [-0.05, 0) is 37.3 Å². The van der Waals surface area contributed by atoms with E-state index in [0.29, 0.717) is 10.7 Å². The third kappa shape index (κ3) is 5.21. The molecule has 0 bridgehead atoms. The maximum absolute atomic E-state index is 13.0. The second-order valence-electron chi connectivity index (χ2n) is 5.16. The lowest BCUT2D eigenvalue weighted by Gasteiger charge is -2.17. The number of halogens is 1. The van der Waals surface area contributed by atoms with Crippen LogP contribution in [0.5, 0.6) is 0 Å². The normalized spacial score (nSPS) is 11.7. The number of carboxylic acid groups (broad SMARTS) is 1. The highest BCUT2D eigenvalue weighted by Gasteiger charge is 2.22. The summed E-state index contributed by atoms with van der Waals surface area (Å²) < 4.78 is 39.0. The molecule has 1 N–H and O–H groups in total. The zero-order valence-corrected chi connectivity index (χ0v) is 15.1. The molecule has 10 heteroatoms. The minimum Gasteiger partial charge on any atom is -0.481 e. The van der Waals surface area contributed by atoms with E-state index in [1.165, 1.54) is 19.2 Å². The van der Waals surface area contributed by atoms with E-state index in [1.54, 1.807) is 13.0 Å². The molecule has 0 amide bonds. The van der Waals surface area contributed by atoms with Crippen LogP contribution in [-0.2, 0) is 21.4 Å². The smallest absolute Gasteiger partial charge is 0.313 e. The van der Waals surface area contributed by atoms with Crippen molar-refractivity contribution in [3.05, 3.63) is 47.7 Å². The van der Waals surface area contributed by atoms with E-state index in [4.69, 9.17) is 5.11 Å². The minimum absolute atomic E-state index is 0.0375. The Bertz CT molecular complexity index is 873. The fourth-order valence-corrected chi connectivity index (χ4v) is 3.77. The molecule has 0 atom stereocenters. The second-order valence-corrected chi connectivity index (χ2v) is 8.20. The van der Waals surface area contributed by atoms with Gasteiger partial charge in [0.15, 0.2) is 0 Å². The molecular formula is C15H16FN3O4S2. The molecule has 2 aromatic rings. The number of sulfonamides is 1. The first-order valence-electron chi connectivity index (χ1n) is 7.09. The van der Waals surface area contributed by atoms with Gasteiger partial charge in [0.05, 0.1) is 17.2 Å².